The number of urea groups is 1. The highest BCUT2D eigenvalue weighted by Crippen LogP contribution is 2.49. The van der Waals surface area contributed by atoms with E-state index in [-0.39, 0.29) is 29.6 Å². The average Bonchev–Trinajstić information content (AvgIpc) is 3.08. The summed E-state index contributed by atoms with van der Waals surface area (Å²) in [5, 5.41) is 2.75. The Balaban J connectivity index is 1.33. The van der Waals surface area contributed by atoms with Crippen LogP contribution in [-0.4, -0.2) is 70.9 Å². The zero-order valence-corrected chi connectivity index (χ0v) is 21.3. The standard InChI is InChI=1S/C28H36FN5O2/c1-32(2)28(22-9-4-3-5-10-22)15-13-27(14-16-28)20-33(26(36)34(27)18-21-7-6-8-21)19-25(35)31-23-11-12-24(29)30-17-23/h3-5,9-12,17,21H,6-8,13-16,18-20H2,1-2H3,(H,31,35). The number of anilines is 1. The normalized spacial score (nSPS) is 26.5. The Morgan fingerprint density at radius 2 is 1.83 bits per heavy atom. The number of hydrogen-bond donors (Lipinski definition) is 1. The van der Waals surface area contributed by atoms with Crippen molar-refractivity contribution in [3.05, 3.63) is 60.2 Å². The molecule has 1 spiro atoms. The Morgan fingerprint density at radius 3 is 2.42 bits per heavy atom. The number of rotatable bonds is 7. The second kappa shape index (κ2) is 9.81. The molecule has 2 aromatic rings. The molecule has 5 rings (SSSR count). The van der Waals surface area contributed by atoms with Crippen molar-refractivity contribution in [1.29, 1.82) is 0 Å². The van der Waals surface area contributed by atoms with Gasteiger partial charge in [-0.25, -0.2) is 9.78 Å². The van der Waals surface area contributed by atoms with E-state index in [1.807, 2.05) is 0 Å². The largest absolute Gasteiger partial charge is 0.323 e. The highest BCUT2D eigenvalue weighted by Gasteiger charge is 2.55. The minimum Gasteiger partial charge on any atom is -0.323 e. The maximum absolute atomic E-state index is 13.7. The van der Waals surface area contributed by atoms with Gasteiger partial charge in [0.25, 0.3) is 0 Å². The molecule has 8 heteroatoms. The fraction of sp³-hybridized carbons (Fsp3) is 0.536. The van der Waals surface area contributed by atoms with E-state index in [2.05, 4.69) is 64.5 Å². The second-order valence-electron chi connectivity index (χ2n) is 11.0. The highest BCUT2D eigenvalue weighted by molar-refractivity contribution is 5.94. The first-order chi connectivity index (χ1) is 17.3. The van der Waals surface area contributed by atoms with Crippen LogP contribution in [0.25, 0.3) is 0 Å². The van der Waals surface area contributed by atoms with Crippen LogP contribution in [0.3, 0.4) is 0 Å². The number of hydrogen-bond acceptors (Lipinski definition) is 4. The lowest BCUT2D eigenvalue weighted by Crippen LogP contribution is -2.56. The highest BCUT2D eigenvalue weighted by atomic mass is 19.1. The van der Waals surface area contributed by atoms with Gasteiger partial charge in [-0.05, 0) is 76.2 Å². The van der Waals surface area contributed by atoms with Gasteiger partial charge in [-0.3, -0.25) is 9.69 Å². The van der Waals surface area contributed by atoms with Crippen LogP contribution in [-0.2, 0) is 10.3 Å². The van der Waals surface area contributed by atoms with Gasteiger partial charge in [0.1, 0.15) is 6.54 Å². The van der Waals surface area contributed by atoms with Gasteiger partial charge in [0.05, 0.1) is 17.4 Å². The van der Waals surface area contributed by atoms with E-state index in [0.717, 1.165) is 32.2 Å². The van der Waals surface area contributed by atoms with Gasteiger partial charge in [0, 0.05) is 18.6 Å². The van der Waals surface area contributed by atoms with E-state index >= 15 is 0 Å². The van der Waals surface area contributed by atoms with E-state index in [0.29, 0.717) is 18.2 Å². The van der Waals surface area contributed by atoms with Gasteiger partial charge in [-0.15, -0.1) is 0 Å². The number of pyridine rings is 1. The topological polar surface area (TPSA) is 68.8 Å². The van der Waals surface area contributed by atoms with Gasteiger partial charge >= 0.3 is 6.03 Å². The number of aromatic nitrogens is 1. The zero-order chi connectivity index (χ0) is 25.3. The lowest BCUT2D eigenvalue weighted by Gasteiger charge is -2.51. The zero-order valence-electron chi connectivity index (χ0n) is 21.3. The first-order valence-electron chi connectivity index (χ1n) is 13.0. The molecule has 1 aromatic heterocycles. The monoisotopic (exact) mass is 493 g/mol. The lowest BCUT2D eigenvalue weighted by atomic mass is 9.68. The van der Waals surface area contributed by atoms with Crippen LogP contribution in [0.15, 0.2) is 48.7 Å². The van der Waals surface area contributed by atoms with E-state index in [4.69, 9.17) is 0 Å². The Bertz CT molecular complexity index is 1080. The van der Waals surface area contributed by atoms with Crippen LogP contribution in [0, 0.1) is 11.9 Å². The predicted octanol–water partition coefficient (Wildman–Crippen LogP) is 4.47. The lowest BCUT2D eigenvalue weighted by molar-refractivity contribution is -0.116. The molecule has 192 valence electrons. The Morgan fingerprint density at radius 1 is 1.11 bits per heavy atom. The van der Waals surface area contributed by atoms with Crippen molar-refractivity contribution in [3.8, 4) is 0 Å². The molecule has 1 saturated heterocycles. The molecular weight excluding hydrogens is 457 g/mol. The quantitative estimate of drug-likeness (QED) is 0.578. The van der Waals surface area contributed by atoms with Crippen molar-refractivity contribution in [1.82, 2.24) is 19.7 Å². The average molecular weight is 494 g/mol. The molecule has 2 heterocycles. The number of nitrogens with one attached hydrogen (secondary N) is 1. The molecule has 0 atom stereocenters. The van der Waals surface area contributed by atoms with E-state index in [9.17, 15) is 14.0 Å². The van der Waals surface area contributed by atoms with E-state index < -0.39 is 5.95 Å². The van der Waals surface area contributed by atoms with Crippen LogP contribution in [0.1, 0.15) is 50.5 Å². The molecule has 3 amide bonds. The van der Waals surface area contributed by atoms with Crippen LogP contribution in [0.2, 0.25) is 0 Å². The molecular formula is C28H36FN5O2. The first-order valence-corrected chi connectivity index (χ1v) is 13.0. The minimum absolute atomic E-state index is 0.0172. The molecule has 0 radical (unpaired) electrons. The van der Waals surface area contributed by atoms with Crippen LogP contribution in [0.4, 0.5) is 14.9 Å². The maximum Gasteiger partial charge on any atom is 0.321 e. The van der Waals surface area contributed by atoms with Gasteiger partial charge in [0.2, 0.25) is 11.9 Å². The molecule has 2 saturated carbocycles. The van der Waals surface area contributed by atoms with E-state index in [1.54, 1.807) is 4.90 Å². The van der Waals surface area contributed by atoms with Gasteiger partial charge < -0.3 is 15.1 Å². The van der Waals surface area contributed by atoms with Crippen molar-refractivity contribution in [2.24, 2.45) is 5.92 Å². The summed E-state index contributed by atoms with van der Waals surface area (Å²) in [7, 11) is 4.30. The van der Waals surface area contributed by atoms with Gasteiger partial charge in [-0.1, -0.05) is 36.8 Å². The third-order valence-corrected chi connectivity index (χ3v) is 8.75. The van der Waals surface area contributed by atoms with Crippen LogP contribution in [0.5, 0.6) is 0 Å². The number of benzene rings is 1. The third-order valence-electron chi connectivity index (χ3n) is 8.75. The Kier molecular flexibility index (Phi) is 6.72. The van der Waals surface area contributed by atoms with Crippen molar-refractivity contribution in [2.45, 2.75) is 56.0 Å². The summed E-state index contributed by atoms with van der Waals surface area (Å²) in [4.78, 5) is 36.2. The molecule has 1 N–H and O–H groups in total. The number of amides is 3. The smallest absolute Gasteiger partial charge is 0.321 e. The fourth-order valence-corrected chi connectivity index (χ4v) is 6.33. The number of carbonyl (C=O) groups is 2. The summed E-state index contributed by atoms with van der Waals surface area (Å²) in [5.41, 5.74) is 1.44. The van der Waals surface area contributed by atoms with Crippen LogP contribution >= 0.6 is 0 Å². The third kappa shape index (κ3) is 4.59. The Labute approximate surface area is 212 Å². The molecule has 2 aliphatic carbocycles. The molecule has 36 heavy (non-hydrogen) atoms. The number of nitrogens with zero attached hydrogens (tertiary/aromatic N) is 4. The number of carbonyl (C=O) groups excluding carboxylic acids is 2. The van der Waals surface area contributed by atoms with Gasteiger partial charge in [0.15, 0.2) is 0 Å². The summed E-state index contributed by atoms with van der Waals surface area (Å²) < 4.78 is 13.1. The molecule has 0 bridgehead atoms. The summed E-state index contributed by atoms with van der Waals surface area (Å²) in [6.45, 7) is 1.32. The fourth-order valence-electron chi connectivity index (χ4n) is 6.33. The SMILES string of the molecule is CN(C)C1(c2ccccc2)CCC2(CC1)CN(CC(=O)Nc1ccc(F)nc1)C(=O)N2CC1CCC1. The number of halogens is 1. The van der Waals surface area contributed by atoms with Crippen molar-refractivity contribution in [3.63, 3.8) is 0 Å². The van der Waals surface area contributed by atoms with Crippen molar-refractivity contribution in [2.75, 3.05) is 39.0 Å². The molecule has 7 nitrogen and oxygen atoms in total. The summed E-state index contributed by atoms with van der Waals surface area (Å²) in [6, 6.07) is 13.3. The van der Waals surface area contributed by atoms with Crippen molar-refractivity contribution < 1.29 is 14.0 Å². The first kappa shape index (κ1) is 24.7. The minimum atomic E-state index is -0.599. The molecule has 1 aromatic carbocycles. The molecule has 3 aliphatic rings. The van der Waals surface area contributed by atoms with Gasteiger partial charge in [-0.2, -0.15) is 4.39 Å². The van der Waals surface area contributed by atoms with Crippen molar-refractivity contribution >= 4 is 17.6 Å². The summed E-state index contributed by atoms with van der Waals surface area (Å²) in [5.74, 6) is -0.336. The Hall–Kier alpha value is -3.00. The molecule has 0 unspecified atom stereocenters. The predicted molar refractivity (Wildman–Crippen MR) is 137 cm³/mol. The summed E-state index contributed by atoms with van der Waals surface area (Å²) in [6.07, 6.45) is 8.58. The van der Waals surface area contributed by atoms with Crippen LogP contribution < -0.4 is 5.32 Å². The van der Waals surface area contributed by atoms with E-state index in [1.165, 1.54) is 43.2 Å². The molecule has 1 aliphatic heterocycles. The molecule has 3 fully saturated rings. The maximum atomic E-state index is 13.7. The second-order valence-corrected chi connectivity index (χ2v) is 11.0. The summed E-state index contributed by atoms with van der Waals surface area (Å²) >= 11 is 0.